The Hall–Kier alpha value is -0.160. The smallest absolute Gasteiger partial charge is 0.182 e. The zero-order valence-electron chi connectivity index (χ0n) is 8.38. The second-order valence-corrected chi connectivity index (χ2v) is 4.15. The van der Waals surface area contributed by atoms with E-state index in [2.05, 4.69) is 24.3 Å². The number of hydrogen-bond acceptors (Lipinski definition) is 4. The number of ether oxygens (including phenoxy) is 2. The number of nitrogens with one attached hydrogen (secondary N) is 1. The standard InChI is InChI=1S/C9H18N2O2/c1-11(2)5-8-6-12-9(13-8)3-4-10-7-9/h8,10H,3-7H2,1-2H3. The molecule has 2 atom stereocenters. The summed E-state index contributed by atoms with van der Waals surface area (Å²) < 4.78 is 11.6. The van der Waals surface area contributed by atoms with Crippen LogP contribution in [0.2, 0.25) is 0 Å². The van der Waals surface area contributed by atoms with E-state index in [9.17, 15) is 0 Å². The van der Waals surface area contributed by atoms with Gasteiger partial charge in [-0.2, -0.15) is 0 Å². The molecule has 0 aromatic carbocycles. The van der Waals surface area contributed by atoms with Crippen LogP contribution >= 0.6 is 0 Å². The molecule has 2 rings (SSSR count). The van der Waals surface area contributed by atoms with E-state index in [1.165, 1.54) is 0 Å². The molecule has 4 heteroatoms. The molecule has 2 unspecified atom stereocenters. The summed E-state index contributed by atoms with van der Waals surface area (Å²) in [6.45, 7) is 3.53. The molecule has 0 aromatic rings. The predicted molar refractivity (Wildman–Crippen MR) is 49.6 cm³/mol. The summed E-state index contributed by atoms with van der Waals surface area (Å²) in [6, 6.07) is 0. The second-order valence-electron chi connectivity index (χ2n) is 4.15. The van der Waals surface area contributed by atoms with Gasteiger partial charge in [0.2, 0.25) is 0 Å². The van der Waals surface area contributed by atoms with Gasteiger partial charge in [0.05, 0.1) is 12.7 Å². The van der Waals surface area contributed by atoms with Crippen molar-refractivity contribution in [3.8, 4) is 0 Å². The van der Waals surface area contributed by atoms with Gasteiger partial charge in [-0.25, -0.2) is 0 Å². The summed E-state index contributed by atoms with van der Waals surface area (Å²) >= 11 is 0. The number of rotatable bonds is 2. The maximum atomic E-state index is 5.89. The Kier molecular flexibility index (Phi) is 2.55. The fourth-order valence-corrected chi connectivity index (χ4v) is 1.98. The Morgan fingerprint density at radius 1 is 1.54 bits per heavy atom. The molecule has 2 saturated heterocycles. The quantitative estimate of drug-likeness (QED) is 0.639. The third kappa shape index (κ3) is 2.02. The molecule has 0 amide bonds. The maximum Gasteiger partial charge on any atom is 0.182 e. The highest BCUT2D eigenvalue weighted by Crippen LogP contribution is 2.29. The summed E-state index contributed by atoms with van der Waals surface area (Å²) in [4.78, 5) is 2.13. The van der Waals surface area contributed by atoms with E-state index in [1.54, 1.807) is 0 Å². The predicted octanol–water partition coefficient (Wildman–Crippen LogP) is -0.347. The lowest BCUT2D eigenvalue weighted by Gasteiger charge is -2.22. The normalized spacial score (nSPS) is 39.5. The molecule has 0 aromatic heterocycles. The van der Waals surface area contributed by atoms with Crippen molar-refractivity contribution in [2.24, 2.45) is 0 Å². The van der Waals surface area contributed by atoms with Gasteiger partial charge in [-0.05, 0) is 14.1 Å². The van der Waals surface area contributed by atoms with Crippen molar-refractivity contribution in [2.75, 3.05) is 40.3 Å². The Labute approximate surface area is 79.2 Å². The van der Waals surface area contributed by atoms with Gasteiger partial charge in [-0.1, -0.05) is 0 Å². The first-order valence-electron chi connectivity index (χ1n) is 4.87. The Morgan fingerprint density at radius 2 is 2.38 bits per heavy atom. The van der Waals surface area contributed by atoms with Crippen LogP contribution in [0.4, 0.5) is 0 Å². The third-order valence-electron chi connectivity index (χ3n) is 2.56. The second kappa shape index (κ2) is 3.53. The van der Waals surface area contributed by atoms with Crippen LogP contribution < -0.4 is 5.32 Å². The van der Waals surface area contributed by atoms with E-state index in [-0.39, 0.29) is 11.9 Å². The zero-order valence-corrected chi connectivity index (χ0v) is 8.38. The SMILES string of the molecule is CN(C)CC1COC2(CCNC2)O1. The van der Waals surface area contributed by atoms with Gasteiger partial charge in [-0.15, -0.1) is 0 Å². The van der Waals surface area contributed by atoms with E-state index in [4.69, 9.17) is 9.47 Å². The molecule has 0 aliphatic carbocycles. The first-order valence-corrected chi connectivity index (χ1v) is 4.87. The highest BCUT2D eigenvalue weighted by Gasteiger charge is 2.43. The fourth-order valence-electron chi connectivity index (χ4n) is 1.98. The number of nitrogens with zero attached hydrogens (tertiary/aromatic N) is 1. The molecule has 0 radical (unpaired) electrons. The maximum absolute atomic E-state index is 5.89. The van der Waals surface area contributed by atoms with E-state index < -0.39 is 0 Å². The Bertz CT molecular complexity index is 178. The highest BCUT2D eigenvalue weighted by molar-refractivity contribution is 4.87. The van der Waals surface area contributed by atoms with E-state index in [0.29, 0.717) is 0 Å². The van der Waals surface area contributed by atoms with Gasteiger partial charge in [0, 0.05) is 26.1 Å². The van der Waals surface area contributed by atoms with Crippen LogP contribution in [-0.4, -0.2) is 57.1 Å². The van der Waals surface area contributed by atoms with Crippen molar-refractivity contribution in [1.29, 1.82) is 0 Å². The number of hydrogen-bond donors (Lipinski definition) is 1. The lowest BCUT2D eigenvalue weighted by molar-refractivity contribution is -0.152. The number of likely N-dealkylation sites (N-methyl/N-ethyl adjacent to an activating group) is 1. The van der Waals surface area contributed by atoms with Gasteiger partial charge in [0.25, 0.3) is 0 Å². The summed E-state index contributed by atoms with van der Waals surface area (Å²) in [5.74, 6) is -0.291. The minimum Gasteiger partial charge on any atom is -0.346 e. The van der Waals surface area contributed by atoms with Gasteiger partial charge >= 0.3 is 0 Å². The van der Waals surface area contributed by atoms with Gasteiger partial charge in [0.1, 0.15) is 0 Å². The summed E-state index contributed by atoms with van der Waals surface area (Å²) in [5.41, 5.74) is 0. The molecule has 1 spiro atoms. The molecule has 1 N–H and O–H groups in total. The molecule has 0 saturated carbocycles. The van der Waals surface area contributed by atoms with Crippen LogP contribution in [0.5, 0.6) is 0 Å². The Balaban J connectivity index is 1.86. The van der Waals surface area contributed by atoms with Gasteiger partial charge in [-0.3, -0.25) is 0 Å². The van der Waals surface area contributed by atoms with E-state index >= 15 is 0 Å². The van der Waals surface area contributed by atoms with Crippen LogP contribution in [0.15, 0.2) is 0 Å². The van der Waals surface area contributed by atoms with Crippen LogP contribution in [0, 0.1) is 0 Å². The van der Waals surface area contributed by atoms with Crippen LogP contribution in [0.25, 0.3) is 0 Å². The van der Waals surface area contributed by atoms with Crippen molar-refractivity contribution in [3.63, 3.8) is 0 Å². The van der Waals surface area contributed by atoms with Crippen molar-refractivity contribution in [1.82, 2.24) is 10.2 Å². The molecular weight excluding hydrogens is 168 g/mol. The van der Waals surface area contributed by atoms with Crippen LogP contribution in [0.3, 0.4) is 0 Å². The monoisotopic (exact) mass is 186 g/mol. The van der Waals surface area contributed by atoms with E-state index in [1.807, 2.05) is 0 Å². The summed E-state index contributed by atoms with van der Waals surface area (Å²) in [6.07, 6.45) is 1.23. The average Bonchev–Trinajstić information content (AvgIpc) is 2.63. The van der Waals surface area contributed by atoms with E-state index in [0.717, 1.165) is 32.7 Å². The lowest BCUT2D eigenvalue weighted by Crippen LogP contribution is -2.35. The molecule has 2 aliphatic rings. The topological polar surface area (TPSA) is 33.7 Å². The molecule has 2 aliphatic heterocycles. The van der Waals surface area contributed by atoms with Crippen LogP contribution in [-0.2, 0) is 9.47 Å². The molecule has 2 fully saturated rings. The summed E-state index contributed by atoms with van der Waals surface area (Å²) in [5, 5.41) is 3.27. The minimum atomic E-state index is -0.291. The highest BCUT2D eigenvalue weighted by atomic mass is 16.7. The van der Waals surface area contributed by atoms with Gasteiger partial charge < -0.3 is 19.7 Å². The third-order valence-corrected chi connectivity index (χ3v) is 2.56. The first kappa shape index (κ1) is 9.40. The fraction of sp³-hybridized carbons (Fsp3) is 1.00. The molecular formula is C9H18N2O2. The van der Waals surface area contributed by atoms with Gasteiger partial charge in [0.15, 0.2) is 5.79 Å². The Morgan fingerprint density at radius 3 is 3.00 bits per heavy atom. The molecule has 4 nitrogen and oxygen atoms in total. The minimum absolute atomic E-state index is 0.245. The molecule has 13 heavy (non-hydrogen) atoms. The largest absolute Gasteiger partial charge is 0.346 e. The molecule has 76 valence electrons. The summed E-state index contributed by atoms with van der Waals surface area (Å²) in [7, 11) is 4.11. The lowest BCUT2D eigenvalue weighted by atomic mass is 10.2. The average molecular weight is 186 g/mol. The van der Waals surface area contributed by atoms with Crippen molar-refractivity contribution in [2.45, 2.75) is 18.3 Å². The van der Waals surface area contributed by atoms with Crippen molar-refractivity contribution < 1.29 is 9.47 Å². The van der Waals surface area contributed by atoms with Crippen molar-refractivity contribution >= 4 is 0 Å². The molecule has 2 heterocycles. The molecule has 0 bridgehead atoms. The van der Waals surface area contributed by atoms with Crippen LogP contribution in [0.1, 0.15) is 6.42 Å². The first-order chi connectivity index (χ1) is 6.20. The zero-order chi connectivity index (χ0) is 9.31. The van der Waals surface area contributed by atoms with Crippen molar-refractivity contribution in [3.05, 3.63) is 0 Å².